The zero-order chi connectivity index (χ0) is 14.1. The molecule has 0 saturated heterocycles. The number of nitrogens with zero attached hydrogens (tertiary/aromatic N) is 2. The Balaban J connectivity index is 1.93. The van der Waals surface area contributed by atoms with E-state index in [0.29, 0.717) is 11.1 Å². The second-order valence-corrected chi connectivity index (χ2v) is 6.41. The molecule has 0 amide bonds. The summed E-state index contributed by atoms with van der Waals surface area (Å²) in [6.07, 6.45) is 4.01. The number of halogens is 2. The standard InChI is InChI=1S/C16H16BrClN2/c1-2-5-13-14(17)15(18)20-16(19-13)12-8-10-6-3-4-7-11(10)9-12/h3-4,6-7,12H,2,5,8-9H2,1H3. The molecule has 3 rings (SSSR count). The molecule has 0 unspecified atom stereocenters. The minimum absolute atomic E-state index is 0.355. The fraction of sp³-hybridized carbons (Fsp3) is 0.375. The van der Waals surface area contributed by atoms with Crippen LogP contribution >= 0.6 is 27.5 Å². The van der Waals surface area contributed by atoms with E-state index in [4.69, 9.17) is 16.6 Å². The van der Waals surface area contributed by atoms with Crippen LogP contribution in [0.3, 0.4) is 0 Å². The largest absolute Gasteiger partial charge is 0.236 e. The molecule has 0 aliphatic heterocycles. The van der Waals surface area contributed by atoms with Gasteiger partial charge in [0.2, 0.25) is 0 Å². The Labute approximate surface area is 132 Å². The lowest BCUT2D eigenvalue weighted by molar-refractivity contribution is 0.669. The predicted octanol–water partition coefficient (Wildman–Crippen LogP) is 4.73. The number of hydrogen-bond donors (Lipinski definition) is 0. The molecule has 104 valence electrons. The normalized spacial score (nSPS) is 14.6. The summed E-state index contributed by atoms with van der Waals surface area (Å²) < 4.78 is 0.847. The van der Waals surface area contributed by atoms with Crippen LogP contribution in [0.2, 0.25) is 5.15 Å². The maximum Gasteiger partial charge on any atom is 0.147 e. The van der Waals surface area contributed by atoms with Crippen molar-refractivity contribution in [2.75, 3.05) is 0 Å². The highest BCUT2D eigenvalue weighted by Gasteiger charge is 2.26. The first-order chi connectivity index (χ1) is 9.69. The molecule has 1 heterocycles. The molecule has 1 aromatic carbocycles. The van der Waals surface area contributed by atoms with Gasteiger partial charge in [-0.15, -0.1) is 0 Å². The molecule has 1 aliphatic carbocycles. The minimum Gasteiger partial charge on any atom is -0.236 e. The second-order valence-electron chi connectivity index (χ2n) is 5.26. The summed E-state index contributed by atoms with van der Waals surface area (Å²) >= 11 is 9.74. The van der Waals surface area contributed by atoms with Gasteiger partial charge in [0.1, 0.15) is 11.0 Å². The van der Waals surface area contributed by atoms with Gasteiger partial charge in [-0.2, -0.15) is 0 Å². The van der Waals surface area contributed by atoms with Crippen molar-refractivity contribution in [3.8, 4) is 0 Å². The zero-order valence-electron chi connectivity index (χ0n) is 11.4. The van der Waals surface area contributed by atoms with Crippen molar-refractivity contribution in [3.63, 3.8) is 0 Å². The summed E-state index contributed by atoms with van der Waals surface area (Å²) in [4.78, 5) is 9.23. The summed E-state index contributed by atoms with van der Waals surface area (Å²) in [5.41, 5.74) is 3.85. The molecular formula is C16H16BrClN2. The number of rotatable bonds is 3. The van der Waals surface area contributed by atoms with Crippen molar-refractivity contribution < 1.29 is 0 Å². The topological polar surface area (TPSA) is 25.8 Å². The molecular weight excluding hydrogens is 336 g/mol. The average Bonchev–Trinajstić information content (AvgIpc) is 2.87. The number of fused-ring (bicyclic) bond motifs is 1. The van der Waals surface area contributed by atoms with E-state index in [2.05, 4.69) is 52.1 Å². The number of aromatic nitrogens is 2. The van der Waals surface area contributed by atoms with Gasteiger partial charge >= 0.3 is 0 Å². The molecule has 0 saturated carbocycles. The van der Waals surface area contributed by atoms with E-state index in [1.165, 1.54) is 11.1 Å². The zero-order valence-corrected chi connectivity index (χ0v) is 13.7. The molecule has 20 heavy (non-hydrogen) atoms. The Morgan fingerprint density at radius 3 is 2.45 bits per heavy atom. The fourth-order valence-corrected chi connectivity index (χ4v) is 3.38. The lowest BCUT2D eigenvalue weighted by atomic mass is 10.1. The van der Waals surface area contributed by atoms with E-state index >= 15 is 0 Å². The molecule has 2 aromatic rings. The first-order valence-electron chi connectivity index (χ1n) is 6.97. The highest BCUT2D eigenvalue weighted by Crippen LogP contribution is 2.34. The van der Waals surface area contributed by atoms with Crippen LogP contribution < -0.4 is 0 Å². The fourth-order valence-electron chi connectivity index (χ4n) is 2.81. The van der Waals surface area contributed by atoms with Gasteiger partial charge in [-0.3, -0.25) is 0 Å². The minimum atomic E-state index is 0.355. The van der Waals surface area contributed by atoms with Crippen LogP contribution in [0.25, 0.3) is 0 Å². The van der Waals surface area contributed by atoms with Gasteiger partial charge in [-0.1, -0.05) is 49.2 Å². The van der Waals surface area contributed by atoms with Crippen LogP contribution in [-0.2, 0) is 19.3 Å². The smallest absolute Gasteiger partial charge is 0.147 e. The monoisotopic (exact) mass is 350 g/mol. The van der Waals surface area contributed by atoms with Crippen molar-refractivity contribution >= 4 is 27.5 Å². The highest BCUT2D eigenvalue weighted by atomic mass is 79.9. The molecule has 1 aromatic heterocycles. The van der Waals surface area contributed by atoms with Crippen LogP contribution in [0.15, 0.2) is 28.7 Å². The lowest BCUT2D eigenvalue weighted by Gasteiger charge is -2.11. The van der Waals surface area contributed by atoms with Gasteiger partial charge in [-0.25, -0.2) is 9.97 Å². The molecule has 1 aliphatic rings. The second kappa shape index (κ2) is 5.82. The van der Waals surface area contributed by atoms with Crippen molar-refractivity contribution in [2.24, 2.45) is 0 Å². The van der Waals surface area contributed by atoms with Crippen LogP contribution in [0.4, 0.5) is 0 Å². The quantitative estimate of drug-likeness (QED) is 0.747. The molecule has 0 bridgehead atoms. The van der Waals surface area contributed by atoms with Crippen LogP contribution in [0.5, 0.6) is 0 Å². The van der Waals surface area contributed by atoms with Gasteiger partial charge in [0.05, 0.1) is 10.2 Å². The first kappa shape index (κ1) is 14.0. The molecule has 0 N–H and O–H groups in total. The van der Waals surface area contributed by atoms with Gasteiger partial charge < -0.3 is 0 Å². The Hall–Kier alpha value is -0.930. The third kappa shape index (κ3) is 2.61. The van der Waals surface area contributed by atoms with E-state index < -0.39 is 0 Å². The maximum atomic E-state index is 6.25. The maximum absolute atomic E-state index is 6.25. The van der Waals surface area contributed by atoms with E-state index in [1.807, 2.05) is 0 Å². The van der Waals surface area contributed by atoms with Crippen LogP contribution in [0.1, 0.15) is 41.9 Å². The van der Waals surface area contributed by atoms with Crippen molar-refractivity contribution in [3.05, 3.63) is 56.5 Å². The summed E-state index contributed by atoms with van der Waals surface area (Å²) in [5.74, 6) is 1.24. The van der Waals surface area contributed by atoms with Crippen molar-refractivity contribution in [2.45, 2.75) is 38.5 Å². The average molecular weight is 352 g/mol. The van der Waals surface area contributed by atoms with Gasteiger partial charge in [0.15, 0.2) is 0 Å². The Bertz CT molecular complexity index is 617. The first-order valence-corrected chi connectivity index (χ1v) is 8.14. The highest BCUT2D eigenvalue weighted by molar-refractivity contribution is 9.10. The molecule has 2 nitrogen and oxygen atoms in total. The summed E-state index contributed by atoms with van der Waals surface area (Å²) in [6, 6.07) is 8.59. The van der Waals surface area contributed by atoms with Gasteiger partial charge in [0.25, 0.3) is 0 Å². The van der Waals surface area contributed by atoms with Crippen molar-refractivity contribution in [1.29, 1.82) is 0 Å². The Morgan fingerprint density at radius 2 is 1.85 bits per heavy atom. The summed E-state index contributed by atoms with van der Waals surface area (Å²) in [6.45, 7) is 2.15. The number of aryl methyl sites for hydroxylation is 1. The molecule has 4 heteroatoms. The van der Waals surface area contributed by atoms with Crippen LogP contribution in [0, 0.1) is 0 Å². The van der Waals surface area contributed by atoms with Crippen molar-refractivity contribution in [1.82, 2.24) is 9.97 Å². The molecule has 0 spiro atoms. The van der Waals surface area contributed by atoms with Gasteiger partial charge in [0, 0.05) is 5.92 Å². The Morgan fingerprint density at radius 1 is 1.20 bits per heavy atom. The number of hydrogen-bond acceptors (Lipinski definition) is 2. The predicted molar refractivity (Wildman–Crippen MR) is 85.3 cm³/mol. The van der Waals surface area contributed by atoms with Crippen LogP contribution in [-0.4, -0.2) is 9.97 Å². The van der Waals surface area contributed by atoms with Gasteiger partial charge in [-0.05, 0) is 46.3 Å². The number of benzene rings is 1. The molecule has 0 fully saturated rings. The van der Waals surface area contributed by atoms with E-state index in [-0.39, 0.29) is 0 Å². The van der Waals surface area contributed by atoms with E-state index in [0.717, 1.165) is 41.7 Å². The van der Waals surface area contributed by atoms with E-state index in [1.54, 1.807) is 0 Å². The summed E-state index contributed by atoms with van der Waals surface area (Å²) in [5, 5.41) is 0.536. The Kier molecular flexibility index (Phi) is 4.08. The SMILES string of the molecule is CCCc1nc(C2Cc3ccccc3C2)nc(Cl)c1Br. The van der Waals surface area contributed by atoms with E-state index in [9.17, 15) is 0 Å². The summed E-state index contributed by atoms with van der Waals surface area (Å²) in [7, 11) is 0. The molecule has 0 atom stereocenters. The lowest BCUT2D eigenvalue weighted by Crippen LogP contribution is -2.08. The molecule has 0 radical (unpaired) electrons. The third-order valence-electron chi connectivity index (χ3n) is 3.80. The third-order valence-corrected chi connectivity index (χ3v) is 5.13.